The molecule has 0 aliphatic heterocycles. The number of rotatable bonds is 6. The second-order valence-electron chi connectivity index (χ2n) is 5.79. The first-order chi connectivity index (χ1) is 13.2. The Hall–Kier alpha value is -1.82. The van der Waals surface area contributed by atoms with Gasteiger partial charge in [0.2, 0.25) is 0 Å². The van der Waals surface area contributed by atoms with Crippen LogP contribution in [-0.4, -0.2) is 16.7 Å². The van der Waals surface area contributed by atoms with Crippen molar-refractivity contribution in [2.75, 3.05) is 11.9 Å². The molecule has 0 amide bonds. The molecule has 1 heterocycles. The van der Waals surface area contributed by atoms with E-state index in [2.05, 4.69) is 38.4 Å². The summed E-state index contributed by atoms with van der Waals surface area (Å²) in [5, 5.41) is 4.96. The first-order valence-electron chi connectivity index (χ1n) is 8.54. The number of nitrogens with zero attached hydrogens (tertiary/aromatic N) is 2. The molecule has 0 fully saturated rings. The monoisotopic (exact) mass is 459 g/mol. The Morgan fingerprint density at radius 2 is 1.81 bits per heavy atom. The summed E-state index contributed by atoms with van der Waals surface area (Å²) in [4.78, 5) is 9.13. The quantitative estimate of drug-likeness (QED) is 0.339. The zero-order valence-corrected chi connectivity index (χ0v) is 17.8. The molecular weight excluding hydrogens is 442 g/mol. The van der Waals surface area contributed by atoms with Crippen LogP contribution in [0.5, 0.6) is 0 Å². The highest BCUT2D eigenvalue weighted by atomic mass is 79.9. The van der Waals surface area contributed by atoms with Gasteiger partial charge in [0, 0.05) is 28.0 Å². The Bertz CT molecular complexity index is 885. The molecule has 3 rings (SSSR count). The highest BCUT2D eigenvalue weighted by molar-refractivity contribution is 9.10. The van der Waals surface area contributed by atoms with Crippen molar-refractivity contribution in [2.24, 2.45) is 4.99 Å². The van der Waals surface area contributed by atoms with E-state index in [4.69, 9.17) is 16.6 Å². The van der Waals surface area contributed by atoms with Gasteiger partial charge >= 0.3 is 0 Å². The molecule has 3 aromatic rings. The van der Waals surface area contributed by atoms with E-state index in [-0.39, 0.29) is 0 Å². The van der Waals surface area contributed by atoms with Gasteiger partial charge in [-0.25, -0.2) is 4.98 Å². The summed E-state index contributed by atoms with van der Waals surface area (Å²) in [6.45, 7) is 0.657. The molecule has 0 saturated heterocycles. The van der Waals surface area contributed by atoms with Crippen LogP contribution in [0.2, 0.25) is 5.02 Å². The fraction of sp³-hybridized carbons (Fsp3) is 0.143. The highest BCUT2D eigenvalue weighted by Gasteiger charge is 2.05. The maximum Gasteiger partial charge on any atom is 0.162 e. The van der Waals surface area contributed by atoms with Crippen LogP contribution in [0.25, 0.3) is 0 Å². The van der Waals surface area contributed by atoms with Gasteiger partial charge in [-0.1, -0.05) is 71.9 Å². The average Bonchev–Trinajstić information content (AvgIpc) is 2.70. The molecule has 2 aromatic carbocycles. The maximum absolute atomic E-state index is 6.24. The second kappa shape index (κ2) is 10.5. The number of aliphatic imine (C=N–C) groups is 1. The van der Waals surface area contributed by atoms with Crippen LogP contribution in [0.4, 0.5) is 5.82 Å². The predicted molar refractivity (Wildman–Crippen MR) is 121 cm³/mol. The SMILES string of the molecule is Clc1ccccc1CCN=C(Nc1ccc(Br)cn1)SCc1ccccc1. The Balaban J connectivity index is 1.67. The number of anilines is 1. The van der Waals surface area contributed by atoms with Crippen molar-refractivity contribution in [3.05, 3.63) is 93.5 Å². The van der Waals surface area contributed by atoms with Crippen molar-refractivity contribution in [1.29, 1.82) is 0 Å². The molecule has 1 aromatic heterocycles. The lowest BCUT2D eigenvalue weighted by Gasteiger charge is -2.10. The first-order valence-corrected chi connectivity index (χ1v) is 10.7. The van der Waals surface area contributed by atoms with E-state index in [1.807, 2.05) is 54.6 Å². The van der Waals surface area contributed by atoms with E-state index >= 15 is 0 Å². The number of nitrogens with one attached hydrogen (secondary N) is 1. The standard InChI is InChI=1S/C21H19BrClN3S/c22-18-10-11-20(25-14-18)26-21(27-15-16-6-2-1-3-7-16)24-13-12-17-8-4-5-9-19(17)23/h1-11,14H,12-13,15H2,(H,24,25,26). The van der Waals surface area contributed by atoms with Crippen LogP contribution in [0, 0.1) is 0 Å². The van der Waals surface area contributed by atoms with Crippen LogP contribution in [0.3, 0.4) is 0 Å². The number of halogens is 2. The Labute approximate surface area is 177 Å². The topological polar surface area (TPSA) is 37.3 Å². The smallest absolute Gasteiger partial charge is 0.162 e. The van der Waals surface area contributed by atoms with E-state index in [0.717, 1.165) is 38.2 Å². The average molecular weight is 461 g/mol. The molecular formula is C21H19BrClN3S. The first kappa shape index (κ1) is 19.9. The van der Waals surface area contributed by atoms with Crippen molar-refractivity contribution in [3.63, 3.8) is 0 Å². The number of hydrogen-bond donors (Lipinski definition) is 1. The van der Waals surface area contributed by atoms with Crippen LogP contribution >= 0.6 is 39.3 Å². The van der Waals surface area contributed by atoms with Crippen LogP contribution in [-0.2, 0) is 12.2 Å². The lowest BCUT2D eigenvalue weighted by atomic mass is 10.1. The molecule has 138 valence electrons. The molecule has 27 heavy (non-hydrogen) atoms. The van der Waals surface area contributed by atoms with Crippen LogP contribution in [0.15, 0.2) is 82.4 Å². The summed E-state index contributed by atoms with van der Waals surface area (Å²) in [6, 6.07) is 22.1. The Morgan fingerprint density at radius 1 is 1.04 bits per heavy atom. The molecule has 0 saturated carbocycles. The largest absolute Gasteiger partial charge is 0.320 e. The highest BCUT2D eigenvalue weighted by Crippen LogP contribution is 2.18. The van der Waals surface area contributed by atoms with Crippen molar-refractivity contribution < 1.29 is 0 Å². The van der Waals surface area contributed by atoms with E-state index < -0.39 is 0 Å². The number of aromatic nitrogens is 1. The third-order valence-corrected chi connectivity index (χ3v) is 5.60. The van der Waals surface area contributed by atoms with Gasteiger partial charge in [0.15, 0.2) is 5.17 Å². The normalized spacial score (nSPS) is 11.4. The van der Waals surface area contributed by atoms with Gasteiger partial charge in [-0.2, -0.15) is 0 Å². The molecule has 0 aliphatic carbocycles. The van der Waals surface area contributed by atoms with Crippen molar-refractivity contribution in [2.45, 2.75) is 12.2 Å². The van der Waals surface area contributed by atoms with Crippen LogP contribution < -0.4 is 5.32 Å². The number of hydrogen-bond acceptors (Lipinski definition) is 3. The molecule has 0 bridgehead atoms. The molecule has 3 nitrogen and oxygen atoms in total. The van der Waals surface area contributed by atoms with Crippen LogP contribution in [0.1, 0.15) is 11.1 Å². The number of amidine groups is 1. The van der Waals surface area contributed by atoms with E-state index in [0.29, 0.717) is 6.54 Å². The second-order valence-corrected chi connectivity index (χ2v) is 8.08. The zero-order chi connectivity index (χ0) is 18.9. The summed E-state index contributed by atoms with van der Waals surface area (Å²) in [5.41, 5.74) is 2.36. The van der Waals surface area contributed by atoms with Gasteiger partial charge in [0.1, 0.15) is 5.82 Å². The molecule has 0 unspecified atom stereocenters. The van der Waals surface area contributed by atoms with Gasteiger partial charge in [0.05, 0.1) is 0 Å². The van der Waals surface area contributed by atoms with Crippen molar-refractivity contribution in [3.8, 4) is 0 Å². The minimum Gasteiger partial charge on any atom is -0.320 e. The van der Waals surface area contributed by atoms with Gasteiger partial charge in [-0.15, -0.1) is 0 Å². The lowest BCUT2D eigenvalue weighted by molar-refractivity contribution is 0.971. The van der Waals surface area contributed by atoms with Gasteiger partial charge < -0.3 is 5.32 Å². The third kappa shape index (κ3) is 6.69. The number of pyridine rings is 1. The zero-order valence-electron chi connectivity index (χ0n) is 14.6. The Morgan fingerprint density at radius 3 is 2.56 bits per heavy atom. The van der Waals surface area contributed by atoms with Crippen molar-refractivity contribution >= 4 is 50.3 Å². The summed E-state index contributed by atoms with van der Waals surface area (Å²) < 4.78 is 0.946. The maximum atomic E-state index is 6.24. The van der Waals surface area contributed by atoms with Gasteiger partial charge in [-0.3, -0.25) is 4.99 Å². The minimum absolute atomic E-state index is 0.657. The molecule has 0 atom stereocenters. The summed E-state index contributed by atoms with van der Waals surface area (Å²) >= 11 is 11.3. The molecule has 6 heteroatoms. The summed E-state index contributed by atoms with van der Waals surface area (Å²) in [5.74, 6) is 1.62. The van der Waals surface area contributed by atoms with Gasteiger partial charge in [0.25, 0.3) is 0 Å². The van der Waals surface area contributed by atoms with Crippen molar-refractivity contribution in [1.82, 2.24) is 4.98 Å². The molecule has 1 N–H and O–H groups in total. The fourth-order valence-electron chi connectivity index (χ4n) is 2.39. The number of thioether (sulfide) groups is 1. The minimum atomic E-state index is 0.657. The molecule has 0 aliphatic rings. The van der Waals surface area contributed by atoms with E-state index in [1.54, 1.807) is 18.0 Å². The summed E-state index contributed by atoms with van der Waals surface area (Å²) in [6.07, 6.45) is 2.57. The lowest BCUT2D eigenvalue weighted by Crippen LogP contribution is -2.11. The van der Waals surface area contributed by atoms with E-state index in [9.17, 15) is 0 Å². The predicted octanol–water partition coefficient (Wildman–Crippen LogP) is 6.44. The third-order valence-electron chi connectivity index (χ3n) is 3.78. The van der Waals surface area contributed by atoms with E-state index in [1.165, 1.54) is 5.56 Å². The summed E-state index contributed by atoms with van der Waals surface area (Å²) in [7, 11) is 0. The van der Waals surface area contributed by atoms with Gasteiger partial charge in [-0.05, 0) is 51.7 Å². The number of benzene rings is 2. The fourth-order valence-corrected chi connectivity index (χ4v) is 3.71. The molecule has 0 radical (unpaired) electrons. The molecule has 0 spiro atoms. The Kier molecular flexibility index (Phi) is 7.75.